The summed E-state index contributed by atoms with van der Waals surface area (Å²) in [6.45, 7) is 2.66. The number of hydrogen-bond donors (Lipinski definition) is 1. The van der Waals surface area contributed by atoms with Crippen LogP contribution in [-0.4, -0.2) is 22.9 Å². The maximum atomic E-state index is 13.5. The number of carbonyl (C=O) groups is 1. The third-order valence-electron chi connectivity index (χ3n) is 3.14. The van der Waals surface area contributed by atoms with Crippen LogP contribution < -0.4 is 5.32 Å². The summed E-state index contributed by atoms with van der Waals surface area (Å²) in [5.41, 5.74) is -0.493. The van der Waals surface area contributed by atoms with Crippen LogP contribution in [-0.2, 0) is 0 Å². The van der Waals surface area contributed by atoms with Crippen molar-refractivity contribution in [2.24, 2.45) is 0 Å². The van der Waals surface area contributed by atoms with E-state index in [4.69, 9.17) is 0 Å². The topological polar surface area (TPSA) is 42.0 Å². The van der Waals surface area contributed by atoms with Crippen molar-refractivity contribution in [3.8, 4) is 0 Å². The Kier molecular flexibility index (Phi) is 3.01. The molecule has 16 heavy (non-hydrogen) atoms. The molecule has 1 aliphatic rings. The first-order chi connectivity index (χ1) is 7.63. The Morgan fingerprint density at radius 2 is 2.38 bits per heavy atom. The van der Waals surface area contributed by atoms with Crippen LogP contribution >= 0.6 is 0 Å². The lowest BCUT2D eigenvalue weighted by Crippen LogP contribution is -2.52. The number of Topliss-reactive ketones (excluding diaryl/α,β-unsaturated/α-hetero) is 1. The molecule has 0 aromatic carbocycles. The molecule has 1 saturated heterocycles. The van der Waals surface area contributed by atoms with Crippen LogP contribution in [0.25, 0.3) is 0 Å². The maximum absolute atomic E-state index is 13.5. The van der Waals surface area contributed by atoms with Crippen LogP contribution in [0.15, 0.2) is 18.5 Å². The van der Waals surface area contributed by atoms with Gasteiger partial charge in [-0.15, -0.1) is 0 Å². The number of aromatic nitrogens is 1. The molecule has 1 unspecified atom stereocenters. The number of carbonyl (C=O) groups excluding carboxylic acids is 1. The van der Waals surface area contributed by atoms with Gasteiger partial charge in [-0.1, -0.05) is 0 Å². The Labute approximate surface area is 94.1 Å². The molecule has 0 spiro atoms. The van der Waals surface area contributed by atoms with Crippen molar-refractivity contribution < 1.29 is 9.18 Å². The van der Waals surface area contributed by atoms with E-state index in [-0.39, 0.29) is 11.3 Å². The summed E-state index contributed by atoms with van der Waals surface area (Å²) in [7, 11) is 0. The normalized spacial score (nSPS) is 25.4. The minimum atomic E-state index is -0.625. The van der Waals surface area contributed by atoms with Crippen molar-refractivity contribution in [3.05, 3.63) is 29.8 Å². The number of ketones is 1. The van der Waals surface area contributed by atoms with Gasteiger partial charge in [0, 0.05) is 6.20 Å². The van der Waals surface area contributed by atoms with Gasteiger partial charge in [0.1, 0.15) is 0 Å². The Hall–Kier alpha value is -1.29. The molecule has 1 aliphatic heterocycles. The van der Waals surface area contributed by atoms with Crippen LogP contribution in [0.3, 0.4) is 0 Å². The zero-order valence-electron chi connectivity index (χ0n) is 9.29. The van der Waals surface area contributed by atoms with Gasteiger partial charge >= 0.3 is 0 Å². The molecule has 1 aromatic heterocycles. The number of halogens is 1. The van der Waals surface area contributed by atoms with Crippen LogP contribution in [0.5, 0.6) is 0 Å². The Bertz CT molecular complexity index is 400. The molecule has 2 rings (SSSR count). The van der Waals surface area contributed by atoms with Crippen molar-refractivity contribution in [2.75, 3.05) is 6.54 Å². The minimum Gasteiger partial charge on any atom is -0.305 e. The highest BCUT2D eigenvalue weighted by Gasteiger charge is 2.35. The third kappa shape index (κ3) is 1.97. The SMILES string of the molecule is CC1(C(=O)c2ccncc2F)CCCCN1. The van der Waals surface area contributed by atoms with Crippen molar-refractivity contribution in [2.45, 2.75) is 31.7 Å². The van der Waals surface area contributed by atoms with E-state index in [2.05, 4.69) is 10.3 Å². The van der Waals surface area contributed by atoms with Gasteiger partial charge in [-0.2, -0.15) is 0 Å². The second-order valence-corrected chi connectivity index (χ2v) is 4.40. The first kappa shape index (κ1) is 11.2. The van der Waals surface area contributed by atoms with E-state index in [1.54, 1.807) is 0 Å². The molecule has 1 atom stereocenters. The fourth-order valence-electron chi connectivity index (χ4n) is 2.11. The van der Waals surface area contributed by atoms with Crippen molar-refractivity contribution in [1.29, 1.82) is 0 Å². The smallest absolute Gasteiger partial charge is 0.185 e. The van der Waals surface area contributed by atoms with Gasteiger partial charge < -0.3 is 5.32 Å². The lowest BCUT2D eigenvalue weighted by molar-refractivity contribution is 0.0830. The number of piperidine rings is 1. The summed E-state index contributed by atoms with van der Waals surface area (Å²) >= 11 is 0. The van der Waals surface area contributed by atoms with Crippen molar-refractivity contribution >= 4 is 5.78 Å². The fourth-order valence-corrected chi connectivity index (χ4v) is 2.11. The summed E-state index contributed by atoms with van der Waals surface area (Å²) in [5, 5.41) is 3.18. The maximum Gasteiger partial charge on any atom is 0.185 e. The zero-order valence-corrected chi connectivity index (χ0v) is 9.29. The number of hydrogen-bond acceptors (Lipinski definition) is 3. The molecule has 0 radical (unpaired) electrons. The fraction of sp³-hybridized carbons (Fsp3) is 0.500. The number of pyridine rings is 1. The molecular formula is C12H15FN2O. The van der Waals surface area contributed by atoms with Gasteiger partial charge in [0.15, 0.2) is 11.6 Å². The summed E-state index contributed by atoms with van der Waals surface area (Å²) < 4.78 is 13.5. The van der Waals surface area contributed by atoms with E-state index in [1.165, 1.54) is 12.3 Å². The molecule has 0 aliphatic carbocycles. The molecule has 4 heteroatoms. The van der Waals surface area contributed by atoms with E-state index < -0.39 is 11.4 Å². The van der Waals surface area contributed by atoms with Gasteiger partial charge in [0.05, 0.1) is 17.3 Å². The lowest BCUT2D eigenvalue weighted by atomic mass is 9.84. The second kappa shape index (κ2) is 4.29. The standard InChI is InChI=1S/C12H15FN2O/c1-12(5-2-3-6-15-12)11(16)9-4-7-14-8-10(9)13/h4,7-8,15H,2-3,5-6H2,1H3. The van der Waals surface area contributed by atoms with Gasteiger partial charge in [0.25, 0.3) is 0 Å². The minimum absolute atomic E-state index is 0.131. The van der Waals surface area contributed by atoms with Crippen molar-refractivity contribution in [3.63, 3.8) is 0 Å². The average Bonchev–Trinajstić information content (AvgIpc) is 2.30. The highest BCUT2D eigenvalue weighted by atomic mass is 19.1. The Balaban J connectivity index is 2.28. The van der Waals surface area contributed by atoms with E-state index >= 15 is 0 Å². The van der Waals surface area contributed by atoms with E-state index in [9.17, 15) is 9.18 Å². The molecule has 2 heterocycles. The van der Waals surface area contributed by atoms with Crippen LogP contribution in [0.4, 0.5) is 4.39 Å². The monoisotopic (exact) mass is 222 g/mol. The predicted octanol–water partition coefficient (Wildman–Crippen LogP) is 1.94. The van der Waals surface area contributed by atoms with Gasteiger partial charge in [-0.25, -0.2) is 4.39 Å². The molecule has 0 amide bonds. The first-order valence-corrected chi connectivity index (χ1v) is 5.53. The largest absolute Gasteiger partial charge is 0.305 e. The molecule has 1 aromatic rings. The highest BCUT2D eigenvalue weighted by Crippen LogP contribution is 2.24. The quantitative estimate of drug-likeness (QED) is 0.777. The van der Waals surface area contributed by atoms with E-state index in [1.807, 2.05) is 6.92 Å². The Morgan fingerprint density at radius 1 is 1.56 bits per heavy atom. The summed E-state index contributed by atoms with van der Waals surface area (Å²) in [6.07, 6.45) is 5.36. The second-order valence-electron chi connectivity index (χ2n) is 4.40. The molecule has 86 valence electrons. The van der Waals surface area contributed by atoms with Crippen LogP contribution in [0, 0.1) is 5.82 Å². The van der Waals surface area contributed by atoms with Crippen LogP contribution in [0.2, 0.25) is 0 Å². The van der Waals surface area contributed by atoms with Gasteiger partial charge in [0.2, 0.25) is 0 Å². The molecule has 1 N–H and O–H groups in total. The summed E-state index contributed by atoms with van der Waals surface area (Å²) in [5.74, 6) is -0.715. The van der Waals surface area contributed by atoms with Crippen molar-refractivity contribution in [1.82, 2.24) is 10.3 Å². The number of nitrogens with zero attached hydrogens (tertiary/aromatic N) is 1. The summed E-state index contributed by atoms with van der Waals surface area (Å²) in [6, 6.07) is 1.44. The van der Waals surface area contributed by atoms with Crippen LogP contribution in [0.1, 0.15) is 36.5 Å². The molecule has 1 fully saturated rings. The average molecular weight is 222 g/mol. The summed E-state index contributed by atoms with van der Waals surface area (Å²) in [4.78, 5) is 15.9. The molecule has 0 saturated carbocycles. The molecule has 0 bridgehead atoms. The third-order valence-corrected chi connectivity index (χ3v) is 3.14. The molecule has 3 nitrogen and oxygen atoms in total. The Morgan fingerprint density at radius 3 is 3.00 bits per heavy atom. The molecular weight excluding hydrogens is 207 g/mol. The van der Waals surface area contributed by atoms with E-state index in [0.717, 1.165) is 32.0 Å². The lowest BCUT2D eigenvalue weighted by Gasteiger charge is -2.33. The zero-order chi connectivity index (χ0) is 11.6. The predicted molar refractivity (Wildman–Crippen MR) is 58.8 cm³/mol. The highest BCUT2D eigenvalue weighted by molar-refractivity contribution is 6.03. The van der Waals surface area contributed by atoms with Gasteiger partial charge in [-0.3, -0.25) is 9.78 Å². The van der Waals surface area contributed by atoms with Gasteiger partial charge in [-0.05, 0) is 38.8 Å². The number of nitrogens with one attached hydrogen (secondary N) is 1. The first-order valence-electron chi connectivity index (χ1n) is 5.53. The van der Waals surface area contributed by atoms with E-state index in [0.29, 0.717) is 0 Å². The number of rotatable bonds is 2.